The van der Waals surface area contributed by atoms with Crippen LogP contribution in [0.25, 0.3) is 11.4 Å². The Balaban J connectivity index is 1.44. The van der Waals surface area contributed by atoms with Gasteiger partial charge in [0.15, 0.2) is 0 Å². The minimum absolute atomic E-state index is 0.0587. The maximum atomic E-state index is 12.8. The van der Waals surface area contributed by atoms with Gasteiger partial charge in [0.05, 0.1) is 4.90 Å². The van der Waals surface area contributed by atoms with Gasteiger partial charge in [-0.25, -0.2) is 8.42 Å². The standard InChI is InChI=1S/C20H20ClN3O3S/c1-14-2-4-15(5-3-14)19-22-20(27-23-19)16-10-12-24(13-11-16)28(25,26)18-8-6-17(21)7-9-18/h2-9,16H,10-13H2,1H3. The monoisotopic (exact) mass is 417 g/mol. The lowest BCUT2D eigenvalue weighted by Crippen LogP contribution is -2.37. The van der Waals surface area contributed by atoms with Gasteiger partial charge >= 0.3 is 0 Å². The lowest BCUT2D eigenvalue weighted by molar-refractivity contribution is 0.271. The molecule has 8 heteroatoms. The molecule has 0 saturated carbocycles. The molecule has 1 fully saturated rings. The molecule has 1 aliphatic heterocycles. The Hall–Kier alpha value is -2.22. The average molecular weight is 418 g/mol. The average Bonchev–Trinajstić information content (AvgIpc) is 3.19. The van der Waals surface area contributed by atoms with Gasteiger partial charge in [0.25, 0.3) is 0 Å². The molecule has 6 nitrogen and oxygen atoms in total. The number of sulfonamides is 1. The van der Waals surface area contributed by atoms with Crippen molar-refractivity contribution in [3.63, 3.8) is 0 Å². The molecule has 146 valence electrons. The number of piperidine rings is 1. The van der Waals surface area contributed by atoms with Crippen molar-refractivity contribution in [2.24, 2.45) is 0 Å². The van der Waals surface area contributed by atoms with E-state index in [4.69, 9.17) is 16.1 Å². The Bertz CT molecular complexity index is 1050. The highest BCUT2D eigenvalue weighted by atomic mass is 35.5. The Morgan fingerprint density at radius 1 is 1.04 bits per heavy atom. The van der Waals surface area contributed by atoms with Gasteiger partial charge in [-0.15, -0.1) is 0 Å². The number of halogens is 1. The number of aromatic nitrogens is 2. The summed E-state index contributed by atoms with van der Waals surface area (Å²) in [5, 5.41) is 4.60. The maximum absolute atomic E-state index is 12.8. The minimum Gasteiger partial charge on any atom is -0.339 e. The number of benzene rings is 2. The number of hydrogen-bond acceptors (Lipinski definition) is 5. The Kier molecular flexibility index (Phi) is 5.23. The van der Waals surface area contributed by atoms with Crippen molar-refractivity contribution < 1.29 is 12.9 Å². The highest BCUT2D eigenvalue weighted by Crippen LogP contribution is 2.31. The SMILES string of the molecule is Cc1ccc(-c2noc(C3CCN(S(=O)(=O)c4ccc(Cl)cc4)CC3)n2)cc1. The van der Waals surface area contributed by atoms with Crippen LogP contribution in [0.15, 0.2) is 57.9 Å². The summed E-state index contributed by atoms with van der Waals surface area (Å²) in [6.07, 6.45) is 1.28. The number of aryl methyl sites for hydroxylation is 1. The number of rotatable bonds is 4. The first kappa shape index (κ1) is 19.1. The Morgan fingerprint density at radius 3 is 2.32 bits per heavy atom. The minimum atomic E-state index is -3.52. The van der Waals surface area contributed by atoms with E-state index in [0.29, 0.717) is 42.7 Å². The molecule has 1 saturated heterocycles. The van der Waals surface area contributed by atoms with Crippen LogP contribution in [0.1, 0.15) is 30.2 Å². The highest BCUT2D eigenvalue weighted by molar-refractivity contribution is 7.89. The van der Waals surface area contributed by atoms with Crippen LogP contribution in [0, 0.1) is 6.92 Å². The Morgan fingerprint density at radius 2 is 1.68 bits per heavy atom. The normalized spacial score (nSPS) is 16.4. The van der Waals surface area contributed by atoms with Crippen LogP contribution in [-0.2, 0) is 10.0 Å². The van der Waals surface area contributed by atoms with Gasteiger partial charge in [0.2, 0.25) is 21.7 Å². The first-order valence-electron chi connectivity index (χ1n) is 9.10. The second-order valence-electron chi connectivity index (χ2n) is 6.95. The van der Waals surface area contributed by atoms with Gasteiger partial charge < -0.3 is 4.52 Å². The van der Waals surface area contributed by atoms with E-state index in [1.54, 1.807) is 12.1 Å². The van der Waals surface area contributed by atoms with Gasteiger partial charge in [-0.2, -0.15) is 9.29 Å². The third kappa shape index (κ3) is 3.83. The third-order valence-electron chi connectivity index (χ3n) is 5.01. The van der Waals surface area contributed by atoms with Crippen molar-refractivity contribution >= 4 is 21.6 Å². The van der Waals surface area contributed by atoms with Gasteiger partial charge in [-0.3, -0.25) is 0 Å². The summed E-state index contributed by atoms with van der Waals surface area (Å²) in [5.41, 5.74) is 2.07. The molecular weight excluding hydrogens is 398 g/mol. The fourth-order valence-corrected chi connectivity index (χ4v) is 4.92. The molecular formula is C20H20ClN3O3S. The summed E-state index contributed by atoms with van der Waals surface area (Å²) in [5.74, 6) is 1.19. The van der Waals surface area contributed by atoms with Crippen LogP contribution in [0.5, 0.6) is 0 Å². The zero-order valence-electron chi connectivity index (χ0n) is 15.4. The Labute approximate surface area is 169 Å². The van der Waals surface area contributed by atoms with Crippen LogP contribution in [-0.4, -0.2) is 36.0 Å². The molecule has 0 bridgehead atoms. The van der Waals surface area contributed by atoms with Gasteiger partial charge in [0.1, 0.15) is 0 Å². The van der Waals surface area contributed by atoms with Gasteiger partial charge in [0, 0.05) is 29.6 Å². The van der Waals surface area contributed by atoms with Gasteiger partial charge in [-0.1, -0.05) is 46.6 Å². The van der Waals surface area contributed by atoms with Crippen LogP contribution >= 0.6 is 11.6 Å². The van der Waals surface area contributed by atoms with E-state index in [1.165, 1.54) is 22.0 Å². The molecule has 0 atom stereocenters. The van der Waals surface area contributed by atoms with Crippen molar-refractivity contribution in [2.45, 2.75) is 30.6 Å². The summed E-state index contributed by atoms with van der Waals surface area (Å²) in [7, 11) is -3.52. The van der Waals surface area contributed by atoms with E-state index in [-0.39, 0.29) is 10.8 Å². The summed E-state index contributed by atoms with van der Waals surface area (Å²) in [6.45, 7) is 2.85. The van der Waals surface area contributed by atoms with Crippen molar-refractivity contribution in [1.29, 1.82) is 0 Å². The first-order chi connectivity index (χ1) is 13.4. The van der Waals surface area contributed by atoms with Crippen molar-refractivity contribution in [3.05, 3.63) is 65.0 Å². The van der Waals surface area contributed by atoms with Crippen LogP contribution < -0.4 is 0 Å². The second kappa shape index (κ2) is 7.66. The van der Waals surface area contributed by atoms with Crippen LogP contribution in [0.2, 0.25) is 5.02 Å². The molecule has 1 aromatic heterocycles. The van der Waals surface area contributed by atoms with E-state index in [2.05, 4.69) is 10.1 Å². The largest absolute Gasteiger partial charge is 0.339 e. The molecule has 4 rings (SSSR count). The smallest absolute Gasteiger partial charge is 0.243 e. The maximum Gasteiger partial charge on any atom is 0.243 e. The summed E-state index contributed by atoms with van der Waals surface area (Å²) < 4.78 is 32.5. The molecule has 3 aromatic rings. The molecule has 0 N–H and O–H groups in total. The molecule has 0 radical (unpaired) electrons. The van der Waals surface area contributed by atoms with E-state index in [9.17, 15) is 8.42 Å². The molecule has 0 amide bonds. The van der Waals surface area contributed by atoms with E-state index >= 15 is 0 Å². The lowest BCUT2D eigenvalue weighted by Gasteiger charge is -2.29. The molecule has 2 aromatic carbocycles. The summed E-state index contributed by atoms with van der Waals surface area (Å²) in [6, 6.07) is 14.2. The molecule has 0 spiro atoms. The van der Waals surface area contributed by atoms with Gasteiger partial charge in [-0.05, 0) is 44.0 Å². The molecule has 1 aliphatic rings. The zero-order chi connectivity index (χ0) is 19.7. The summed E-state index contributed by atoms with van der Waals surface area (Å²) in [4.78, 5) is 4.79. The zero-order valence-corrected chi connectivity index (χ0v) is 16.9. The van der Waals surface area contributed by atoms with E-state index in [1.807, 2.05) is 31.2 Å². The van der Waals surface area contributed by atoms with Crippen LogP contribution in [0.3, 0.4) is 0 Å². The third-order valence-corrected chi connectivity index (χ3v) is 7.17. The highest BCUT2D eigenvalue weighted by Gasteiger charge is 2.32. The number of hydrogen-bond donors (Lipinski definition) is 0. The van der Waals surface area contributed by atoms with E-state index < -0.39 is 10.0 Å². The first-order valence-corrected chi connectivity index (χ1v) is 10.9. The fraction of sp³-hybridized carbons (Fsp3) is 0.300. The fourth-order valence-electron chi connectivity index (χ4n) is 3.32. The molecule has 0 aliphatic carbocycles. The topological polar surface area (TPSA) is 76.3 Å². The van der Waals surface area contributed by atoms with Crippen LogP contribution in [0.4, 0.5) is 0 Å². The quantitative estimate of drug-likeness (QED) is 0.633. The van der Waals surface area contributed by atoms with Crippen molar-refractivity contribution in [2.75, 3.05) is 13.1 Å². The number of nitrogens with zero attached hydrogens (tertiary/aromatic N) is 3. The second-order valence-corrected chi connectivity index (χ2v) is 9.33. The lowest BCUT2D eigenvalue weighted by atomic mass is 9.98. The molecule has 0 unspecified atom stereocenters. The van der Waals surface area contributed by atoms with Crippen molar-refractivity contribution in [3.8, 4) is 11.4 Å². The van der Waals surface area contributed by atoms with E-state index in [0.717, 1.165) is 5.56 Å². The predicted molar refractivity (Wildman–Crippen MR) is 107 cm³/mol. The van der Waals surface area contributed by atoms with Crippen molar-refractivity contribution in [1.82, 2.24) is 14.4 Å². The summed E-state index contributed by atoms with van der Waals surface area (Å²) >= 11 is 5.86. The molecule has 2 heterocycles. The molecule has 28 heavy (non-hydrogen) atoms. The predicted octanol–water partition coefficient (Wildman–Crippen LogP) is 4.27.